The summed E-state index contributed by atoms with van der Waals surface area (Å²) in [4.78, 5) is 17.5. The van der Waals surface area contributed by atoms with Gasteiger partial charge in [0.05, 0.1) is 30.0 Å². The minimum absolute atomic E-state index is 0.279. The fourth-order valence-electron chi connectivity index (χ4n) is 3.13. The lowest BCUT2D eigenvalue weighted by atomic mass is 10.1. The van der Waals surface area contributed by atoms with Gasteiger partial charge in [0.2, 0.25) is 0 Å². The third-order valence-electron chi connectivity index (χ3n) is 4.71. The average molecular weight is 390 g/mol. The number of methoxy groups -OCH3 is 1. The molecule has 2 heterocycles. The van der Waals surface area contributed by atoms with Crippen LogP contribution >= 0.6 is 0 Å². The van der Waals surface area contributed by atoms with Crippen LogP contribution in [0.25, 0.3) is 22.3 Å². The molecule has 1 N–H and O–H groups in total. The van der Waals surface area contributed by atoms with E-state index in [-0.39, 0.29) is 5.91 Å². The second-order valence-electron chi connectivity index (χ2n) is 6.57. The summed E-state index contributed by atoms with van der Waals surface area (Å²) in [5.41, 5.74) is 2.56. The van der Waals surface area contributed by atoms with Crippen molar-refractivity contribution in [3.63, 3.8) is 0 Å². The molecule has 6 nitrogen and oxygen atoms in total. The Hall–Kier alpha value is -3.74. The maximum atomic E-state index is 14.3. The molecule has 0 aliphatic carbocycles. The second kappa shape index (κ2) is 7.71. The van der Waals surface area contributed by atoms with Crippen LogP contribution in [0, 0.1) is 5.82 Å². The van der Waals surface area contributed by atoms with Gasteiger partial charge >= 0.3 is 0 Å². The molecule has 29 heavy (non-hydrogen) atoms. The molecule has 0 atom stereocenters. The van der Waals surface area contributed by atoms with E-state index in [1.54, 1.807) is 49.3 Å². The first kappa shape index (κ1) is 18.6. The number of amides is 1. The number of hydrogen-bond donors (Lipinski definition) is 1. The van der Waals surface area contributed by atoms with Crippen molar-refractivity contribution in [3.8, 4) is 17.0 Å². The number of aromatic nitrogens is 3. The van der Waals surface area contributed by atoms with Crippen molar-refractivity contribution in [1.82, 2.24) is 20.1 Å². The fourth-order valence-corrected chi connectivity index (χ4v) is 3.13. The van der Waals surface area contributed by atoms with Gasteiger partial charge in [-0.3, -0.25) is 9.48 Å². The van der Waals surface area contributed by atoms with Gasteiger partial charge in [-0.1, -0.05) is 24.3 Å². The molecule has 4 rings (SSSR count). The van der Waals surface area contributed by atoms with E-state index in [1.165, 1.54) is 6.07 Å². The first-order chi connectivity index (χ1) is 14.1. The number of halogens is 1. The zero-order valence-corrected chi connectivity index (χ0v) is 16.0. The van der Waals surface area contributed by atoms with E-state index in [9.17, 15) is 9.18 Å². The summed E-state index contributed by atoms with van der Waals surface area (Å²) in [6.07, 6.45) is 1.59. The van der Waals surface area contributed by atoms with Crippen LogP contribution in [0.3, 0.4) is 0 Å². The molecule has 0 aliphatic heterocycles. The molecule has 7 heteroatoms. The monoisotopic (exact) mass is 390 g/mol. The predicted molar refractivity (Wildman–Crippen MR) is 108 cm³/mol. The summed E-state index contributed by atoms with van der Waals surface area (Å²) in [6.45, 7) is 0.349. The molecule has 146 valence electrons. The highest BCUT2D eigenvalue weighted by molar-refractivity contribution is 6.06. The highest BCUT2D eigenvalue weighted by Crippen LogP contribution is 2.26. The van der Waals surface area contributed by atoms with Crippen LogP contribution in [0.15, 0.2) is 60.8 Å². The second-order valence-corrected chi connectivity index (χ2v) is 6.57. The quantitative estimate of drug-likeness (QED) is 0.564. The zero-order chi connectivity index (χ0) is 20.4. The summed E-state index contributed by atoms with van der Waals surface area (Å²) in [6, 6.07) is 15.4. The van der Waals surface area contributed by atoms with Crippen molar-refractivity contribution in [2.45, 2.75) is 6.54 Å². The van der Waals surface area contributed by atoms with Crippen LogP contribution in [0.4, 0.5) is 4.39 Å². The first-order valence-corrected chi connectivity index (χ1v) is 9.05. The minimum atomic E-state index is -0.397. The molecule has 2 aromatic carbocycles. The number of aryl methyl sites for hydroxylation is 1. The van der Waals surface area contributed by atoms with Gasteiger partial charge in [-0.2, -0.15) is 5.10 Å². The number of nitrogens with one attached hydrogen (secondary N) is 1. The molecule has 0 aliphatic rings. The Labute approximate surface area is 167 Å². The maximum Gasteiger partial charge on any atom is 0.252 e. The Balaban J connectivity index is 1.68. The first-order valence-electron chi connectivity index (χ1n) is 9.05. The molecule has 0 saturated heterocycles. The Kier molecular flexibility index (Phi) is 4.95. The van der Waals surface area contributed by atoms with Crippen LogP contribution in [0.1, 0.15) is 15.9 Å². The van der Waals surface area contributed by atoms with Gasteiger partial charge in [0.1, 0.15) is 11.6 Å². The van der Waals surface area contributed by atoms with E-state index in [2.05, 4.69) is 15.4 Å². The summed E-state index contributed by atoms with van der Waals surface area (Å²) in [5, 5.41) is 7.72. The number of fused-ring (bicyclic) bond motifs is 1. The number of carbonyl (C=O) groups is 1. The van der Waals surface area contributed by atoms with Crippen LogP contribution in [0.2, 0.25) is 0 Å². The van der Waals surface area contributed by atoms with E-state index >= 15 is 0 Å². The molecule has 0 bridgehead atoms. The SMILES string of the molecule is COc1ccc(CNC(=O)c2cc(-c3ccccc3F)nc3c2cnn3C)cc1. The highest BCUT2D eigenvalue weighted by atomic mass is 19.1. The van der Waals surface area contributed by atoms with Crippen molar-refractivity contribution in [1.29, 1.82) is 0 Å². The van der Waals surface area contributed by atoms with Gasteiger partial charge in [-0.05, 0) is 35.9 Å². The molecule has 0 saturated carbocycles. The predicted octanol–water partition coefficient (Wildman–Crippen LogP) is 3.71. The lowest BCUT2D eigenvalue weighted by Gasteiger charge is -2.10. The standard InChI is InChI=1S/C22H19FN4O2/c1-27-21-18(13-25-27)17(11-20(26-21)16-5-3-4-6-19(16)23)22(28)24-12-14-7-9-15(29-2)10-8-14/h3-11,13H,12H2,1-2H3,(H,24,28). The smallest absolute Gasteiger partial charge is 0.252 e. The van der Waals surface area contributed by atoms with Crippen LogP contribution < -0.4 is 10.1 Å². The molecule has 2 aromatic heterocycles. The van der Waals surface area contributed by atoms with Crippen molar-refractivity contribution < 1.29 is 13.9 Å². The third kappa shape index (κ3) is 3.67. The highest BCUT2D eigenvalue weighted by Gasteiger charge is 2.18. The Bertz CT molecular complexity index is 1190. The van der Waals surface area contributed by atoms with Gasteiger partial charge in [-0.25, -0.2) is 9.37 Å². The number of rotatable bonds is 5. The molecule has 0 radical (unpaired) electrons. The van der Waals surface area contributed by atoms with Crippen LogP contribution in [-0.2, 0) is 13.6 Å². The summed E-state index contributed by atoms with van der Waals surface area (Å²) < 4.78 is 21.0. The van der Waals surface area contributed by atoms with E-state index in [0.29, 0.717) is 34.4 Å². The molecule has 0 unspecified atom stereocenters. The van der Waals surface area contributed by atoms with E-state index < -0.39 is 5.82 Å². The fraction of sp³-hybridized carbons (Fsp3) is 0.136. The zero-order valence-electron chi connectivity index (χ0n) is 16.0. The minimum Gasteiger partial charge on any atom is -0.497 e. The van der Waals surface area contributed by atoms with Crippen LogP contribution in [-0.4, -0.2) is 27.8 Å². The number of pyridine rings is 1. The molecule has 0 spiro atoms. The number of nitrogens with zero attached hydrogens (tertiary/aromatic N) is 3. The van der Waals surface area contributed by atoms with E-state index in [4.69, 9.17) is 4.74 Å². The summed E-state index contributed by atoms with van der Waals surface area (Å²) in [7, 11) is 3.34. The number of carbonyl (C=O) groups excluding carboxylic acids is 1. The van der Waals surface area contributed by atoms with Crippen LogP contribution in [0.5, 0.6) is 5.75 Å². The van der Waals surface area contributed by atoms with Crippen molar-refractivity contribution in [2.24, 2.45) is 7.05 Å². The maximum absolute atomic E-state index is 14.3. The van der Waals surface area contributed by atoms with Crippen molar-refractivity contribution >= 4 is 16.9 Å². The average Bonchev–Trinajstić information content (AvgIpc) is 3.13. The lowest BCUT2D eigenvalue weighted by molar-refractivity contribution is 0.0952. The van der Waals surface area contributed by atoms with Gasteiger partial charge in [-0.15, -0.1) is 0 Å². The van der Waals surface area contributed by atoms with Gasteiger partial charge in [0, 0.05) is 19.2 Å². The summed E-state index contributed by atoms with van der Waals surface area (Å²) >= 11 is 0. The van der Waals surface area contributed by atoms with Crippen molar-refractivity contribution in [3.05, 3.63) is 77.7 Å². The number of ether oxygens (including phenoxy) is 1. The van der Waals surface area contributed by atoms with Crippen molar-refractivity contribution in [2.75, 3.05) is 7.11 Å². The Morgan fingerprint density at radius 1 is 1.17 bits per heavy atom. The number of hydrogen-bond acceptors (Lipinski definition) is 4. The summed E-state index contributed by atoms with van der Waals surface area (Å²) in [5.74, 6) is 0.0747. The molecular weight excluding hydrogens is 371 g/mol. The largest absolute Gasteiger partial charge is 0.497 e. The van der Waals surface area contributed by atoms with Gasteiger partial charge < -0.3 is 10.1 Å². The molecule has 4 aromatic rings. The normalized spacial score (nSPS) is 10.9. The Morgan fingerprint density at radius 3 is 2.66 bits per heavy atom. The molecular formula is C22H19FN4O2. The molecule has 0 fully saturated rings. The lowest BCUT2D eigenvalue weighted by Crippen LogP contribution is -2.23. The van der Waals surface area contributed by atoms with Gasteiger partial charge in [0.15, 0.2) is 5.65 Å². The Morgan fingerprint density at radius 2 is 1.93 bits per heavy atom. The van der Waals surface area contributed by atoms with E-state index in [1.807, 2.05) is 24.3 Å². The van der Waals surface area contributed by atoms with Gasteiger partial charge in [0.25, 0.3) is 5.91 Å². The molecule has 1 amide bonds. The topological polar surface area (TPSA) is 69.0 Å². The van der Waals surface area contributed by atoms with E-state index in [0.717, 1.165) is 11.3 Å². The third-order valence-corrected chi connectivity index (χ3v) is 4.71. The number of benzene rings is 2.